The number of carbonyl (C=O) groups excluding carboxylic acids is 2. The predicted octanol–water partition coefficient (Wildman–Crippen LogP) is 0.439. The van der Waals surface area contributed by atoms with E-state index in [9.17, 15) is 9.59 Å². The summed E-state index contributed by atoms with van der Waals surface area (Å²) in [6, 6.07) is 1.81. The van der Waals surface area contributed by atoms with Crippen molar-refractivity contribution in [1.29, 1.82) is 5.26 Å². The highest BCUT2D eigenvalue weighted by atomic mass is 16.2. The zero-order valence-corrected chi connectivity index (χ0v) is 6.75. The Balaban J connectivity index is 2.69. The molecule has 4 nitrogen and oxygen atoms in total. The molecular weight excluding hydrogens is 156 g/mol. The molecule has 0 saturated carbocycles. The molecule has 1 saturated heterocycles. The quantitative estimate of drug-likeness (QED) is 0.419. The summed E-state index contributed by atoms with van der Waals surface area (Å²) in [6.45, 7) is -0.0995. The van der Waals surface area contributed by atoms with Crippen LogP contribution >= 0.6 is 0 Å². The zero-order valence-electron chi connectivity index (χ0n) is 6.75. The van der Waals surface area contributed by atoms with Crippen molar-refractivity contribution in [3.8, 4) is 6.07 Å². The minimum absolute atomic E-state index is 0.0995. The van der Waals surface area contributed by atoms with Crippen LogP contribution in [0.1, 0.15) is 25.7 Å². The molecule has 0 aromatic rings. The van der Waals surface area contributed by atoms with Crippen molar-refractivity contribution in [3.05, 3.63) is 0 Å². The van der Waals surface area contributed by atoms with E-state index in [2.05, 4.69) is 0 Å². The Bertz CT molecular complexity index is 224. The van der Waals surface area contributed by atoms with Gasteiger partial charge in [-0.1, -0.05) is 0 Å². The van der Waals surface area contributed by atoms with E-state index in [4.69, 9.17) is 5.26 Å². The van der Waals surface area contributed by atoms with Gasteiger partial charge in [-0.05, 0) is 12.8 Å². The van der Waals surface area contributed by atoms with Gasteiger partial charge in [0.2, 0.25) is 11.8 Å². The topological polar surface area (TPSA) is 61.2 Å². The van der Waals surface area contributed by atoms with E-state index in [-0.39, 0.29) is 18.4 Å². The minimum atomic E-state index is -0.209. The van der Waals surface area contributed by atoms with Crippen molar-refractivity contribution in [2.24, 2.45) is 0 Å². The van der Waals surface area contributed by atoms with Gasteiger partial charge in [-0.2, -0.15) is 5.26 Å². The Kier molecular flexibility index (Phi) is 2.81. The summed E-state index contributed by atoms with van der Waals surface area (Å²) in [5.74, 6) is -0.418. The largest absolute Gasteiger partial charge is 0.274 e. The molecule has 0 aromatic heterocycles. The number of nitrogens with zero attached hydrogens (tertiary/aromatic N) is 2. The molecule has 0 unspecified atom stereocenters. The standard InChI is InChI=1S/C8H10N2O2/c9-5-6-10-7(11)3-1-2-4-8(10)12/h1-4,6H2. The van der Waals surface area contributed by atoms with Crippen LogP contribution in [-0.2, 0) is 9.59 Å². The van der Waals surface area contributed by atoms with Gasteiger partial charge in [0.15, 0.2) is 0 Å². The fourth-order valence-corrected chi connectivity index (χ4v) is 1.21. The SMILES string of the molecule is N#CCN1C(=O)CCCCC1=O. The number of carbonyl (C=O) groups is 2. The highest BCUT2D eigenvalue weighted by molar-refractivity contribution is 5.96. The van der Waals surface area contributed by atoms with Crippen molar-refractivity contribution < 1.29 is 9.59 Å². The number of amides is 2. The van der Waals surface area contributed by atoms with Crippen LogP contribution in [0.5, 0.6) is 0 Å². The summed E-state index contributed by atoms with van der Waals surface area (Å²) in [7, 11) is 0. The first-order valence-corrected chi connectivity index (χ1v) is 3.96. The van der Waals surface area contributed by atoms with E-state index in [1.165, 1.54) is 0 Å². The van der Waals surface area contributed by atoms with E-state index in [1.807, 2.05) is 6.07 Å². The zero-order chi connectivity index (χ0) is 8.97. The van der Waals surface area contributed by atoms with Crippen LogP contribution in [0, 0.1) is 11.3 Å². The Morgan fingerprint density at radius 1 is 1.25 bits per heavy atom. The monoisotopic (exact) mass is 166 g/mol. The summed E-state index contributed by atoms with van der Waals surface area (Å²) in [4.78, 5) is 23.4. The summed E-state index contributed by atoms with van der Waals surface area (Å²) in [5, 5.41) is 8.35. The molecule has 1 aliphatic rings. The van der Waals surface area contributed by atoms with E-state index in [1.54, 1.807) is 0 Å². The van der Waals surface area contributed by atoms with Crippen molar-refractivity contribution in [1.82, 2.24) is 4.90 Å². The lowest BCUT2D eigenvalue weighted by Crippen LogP contribution is -2.35. The lowest BCUT2D eigenvalue weighted by molar-refractivity contribution is -0.142. The predicted molar refractivity (Wildman–Crippen MR) is 40.8 cm³/mol. The number of hydrogen-bond acceptors (Lipinski definition) is 3. The molecule has 1 aliphatic heterocycles. The van der Waals surface area contributed by atoms with Crippen molar-refractivity contribution in [2.45, 2.75) is 25.7 Å². The maximum atomic E-state index is 11.2. The molecule has 12 heavy (non-hydrogen) atoms. The molecule has 1 fully saturated rings. The van der Waals surface area contributed by atoms with Crippen LogP contribution in [0.25, 0.3) is 0 Å². The molecule has 1 rings (SSSR count). The molecule has 0 radical (unpaired) electrons. The highest BCUT2D eigenvalue weighted by Gasteiger charge is 2.22. The molecule has 2 amide bonds. The average Bonchev–Trinajstić information content (AvgIpc) is 2.19. The van der Waals surface area contributed by atoms with E-state index < -0.39 is 0 Å². The molecule has 0 atom stereocenters. The third-order valence-corrected chi connectivity index (χ3v) is 1.86. The Hall–Kier alpha value is -1.37. The van der Waals surface area contributed by atoms with Crippen LogP contribution in [0.4, 0.5) is 0 Å². The van der Waals surface area contributed by atoms with E-state index in [0.29, 0.717) is 12.8 Å². The number of imide groups is 1. The number of rotatable bonds is 1. The number of likely N-dealkylation sites (tertiary alicyclic amines) is 1. The van der Waals surface area contributed by atoms with Gasteiger partial charge in [0.25, 0.3) is 0 Å². The lowest BCUT2D eigenvalue weighted by Gasteiger charge is -2.13. The molecule has 0 spiro atoms. The highest BCUT2D eigenvalue weighted by Crippen LogP contribution is 2.11. The van der Waals surface area contributed by atoms with Gasteiger partial charge < -0.3 is 0 Å². The van der Waals surface area contributed by atoms with Gasteiger partial charge in [0.1, 0.15) is 6.54 Å². The van der Waals surface area contributed by atoms with Crippen LogP contribution in [0.2, 0.25) is 0 Å². The van der Waals surface area contributed by atoms with Crippen LogP contribution in [0.15, 0.2) is 0 Å². The van der Waals surface area contributed by atoms with Crippen LogP contribution < -0.4 is 0 Å². The van der Waals surface area contributed by atoms with Gasteiger partial charge in [-0.25, -0.2) is 0 Å². The fourth-order valence-electron chi connectivity index (χ4n) is 1.21. The number of hydrogen-bond donors (Lipinski definition) is 0. The van der Waals surface area contributed by atoms with E-state index in [0.717, 1.165) is 17.7 Å². The van der Waals surface area contributed by atoms with Gasteiger partial charge in [0, 0.05) is 12.8 Å². The molecule has 1 heterocycles. The first kappa shape index (κ1) is 8.72. The maximum absolute atomic E-state index is 11.2. The van der Waals surface area contributed by atoms with Crippen molar-refractivity contribution in [2.75, 3.05) is 6.54 Å². The van der Waals surface area contributed by atoms with Crippen molar-refractivity contribution in [3.63, 3.8) is 0 Å². The van der Waals surface area contributed by atoms with Crippen LogP contribution in [-0.4, -0.2) is 23.3 Å². The van der Waals surface area contributed by atoms with Gasteiger partial charge in [-0.3, -0.25) is 14.5 Å². The third-order valence-electron chi connectivity index (χ3n) is 1.86. The molecule has 0 aliphatic carbocycles. The van der Waals surface area contributed by atoms with Crippen LogP contribution in [0.3, 0.4) is 0 Å². The second kappa shape index (κ2) is 3.86. The Morgan fingerprint density at radius 2 is 1.75 bits per heavy atom. The third kappa shape index (κ3) is 1.82. The molecule has 64 valence electrons. The first-order chi connectivity index (χ1) is 5.75. The Labute approximate surface area is 70.8 Å². The first-order valence-electron chi connectivity index (χ1n) is 3.96. The van der Waals surface area contributed by atoms with E-state index >= 15 is 0 Å². The number of nitriles is 1. The molecule has 0 aromatic carbocycles. The van der Waals surface area contributed by atoms with Gasteiger partial charge in [-0.15, -0.1) is 0 Å². The lowest BCUT2D eigenvalue weighted by atomic mass is 10.2. The Morgan fingerprint density at radius 3 is 2.17 bits per heavy atom. The maximum Gasteiger partial charge on any atom is 0.230 e. The van der Waals surface area contributed by atoms with Gasteiger partial charge in [0.05, 0.1) is 6.07 Å². The summed E-state index contributed by atoms with van der Waals surface area (Å²) < 4.78 is 0. The molecule has 0 bridgehead atoms. The fraction of sp³-hybridized carbons (Fsp3) is 0.625. The molecule has 0 N–H and O–H groups in total. The van der Waals surface area contributed by atoms with Crippen molar-refractivity contribution >= 4 is 11.8 Å². The summed E-state index contributed by atoms with van der Waals surface area (Å²) >= 11 is 0. The average molecular weight is 166 g/mol. The summed E-state index contributed by atoms with van der Waals surface area (Å²) in [5.41, 5.74) is 0. The smallest absolute Gasteiger partial charge is 0.230 e. The normalized spacial score (nSPS) is 18.8. The second-order valence-corrected chi connectivity index (χ2v) is 2.74. The summed E-state index contributed by atoms with van der Waals surface area (Å²) in [6.07, 6.45) is 2.31. The van der Waals surface area contributed by atoms with Gasteiger partial charge >= 0.3 is 0 Å². The second-order valence-electron chi connectivity index (χ2n) is 2.74. The molecular formula is C8H10N2O2. The molecule has 4 heteroatoms. The minimum Gasteiger partial charge on any atom is -0.274 e.